The van der Waals surface area contributed by atoms with Crippen LogP contribution >= 0.6 is 19.3 Å². The van der Waals surface area contributed by atoms with Crippen molar-refractivity contribution in [3.05, 3.63) is 43.0 Å². The number of nitrogens with one attached hydrogen (secondary N) is 1. The molecule has 0 radical (unpaired) electrons. The van der Waals surface area contributed by atoms with Gasteiger partial charge in [-0.15, -0.1) is 11.6 Å². The van der Waals surface area contributed by atoms with Gasteiger partial charge in [-0.2, -0.15) is 5.09 Å². The minimum atomic E-state index is -4.20. The van der Waals surface area contributed by atoms with E-state index in [1.54, 1.807) is 37.3 Å². The van der Waals surface area contributed by atoms with E-state index in [0.717, 1.165) is 0 Å². The summed E-state index contributed by atoms with van der Waals surface area (Å²) >= 11 is 6.76. The van der Waals surface area contributed by atoms with Gasteiger partial charge in [0.25, 0.3) is 0 Å². The number of fused-ring (bicyclic) bond motifs is 1. The molecule has 4 N–H and O–H groups in total. The Morgan fingerprint density at radius 1 is 1.30 bits per heavy atom. The number of hydrogen-bond acceptors (Lipinski definition) is 11. The van der Waals surface area contributed by atoms with Crippen LogP contribution in [0.5, 0.6) is 5.75 Å². The first-order valence-electron chi connectivity index (χ1n) is 12.6. The average Bonchev–Trinajstić information content (AvgIpc) is 3.40. The van der Waals surface area contributed by atoms with Crippen LogP contribution in [-0.2, 0) is 23.4 Å². The van der Waals surface area contributed by atoms with Gasteiger partial charge < -0.3 is 24.8 Å². The molecule has 4 rings (SSSR count). The lowest BCUT2D eigenvalue weighted by molar-refractivity contribution is -0.148. The first-order valence-corrected chi connectivity index (χ1v) is 14.5. The number of carbonyl (C=O) groups is 1. The zero-order chi connectivity index (χ0) is 29.3. The van der Waals surface area contributed by atoms with Crippen molar-refractivity contribution in [1.82, 2.24) is 24.6 Å². The topological polar surface area (TPSA) is 173 Å². The largest absolute Gasteiger partial charge is 0.464 e. The fourth-order valence-corrected chi connectivity index (χ4v) is 5.78. The van der Waals surface area contributed by atoms with Gasteiger partial charge in [-0.3, -0.25) is 13.9 Å². The number of aliphatic hydroxyl groups excluding tert-OH is 1. The highest BCUT2D eigenvalue weighted by molar-refractivity contribution is 7.52. The Morgan fingerprint density at radius 3 is 2.67 bits per heavy atom. The Hall–Kier alpha value is -2.80. The number of rotatable bonds is 10. The number of imidazole rings is 1. The zero-order valence-corrected chi connectivity index (χ0v) is 24.5. The van der Waals surface area contributed by atoms with E-state index >= 15 is 0 Å². The van der Waals surface area contributed by atoms with Gasteiger partial charge in [0, 0.05) is 0 Å². The molecular formula is C25H34ClN6O7P. The smallest absolute Gasteiger partial charge is 0.459 e. The van der Waals surface area contributed by atoms with Crippen molar-refractivity contribution in [3.8, 4) is 5.75 Å². The third kappa shape index (κ3) is 6.73. The van der Waals surface area contributed by atoms with Gasteiger partial charge in [-0.1, -0.05) is 39.0 Å². The van der Waals surface area contributed by atoms with E-state index < -0.39 is 49.7 Å². The third-order valence-corrected chi connectivity index (χ3v) is 8.14. The van der Waals surface area contributed by atoms with E-state index in [1.807, 2.05) is 20.8 Å². The summed E-state index contributed by atoms with van der Waals surface area (Å²) in [4.78, 5) is 23.6. The molecule has 0 spiro atoms. The molecule has 0 saturated carbocycles. The van der Waals surface area contributed by atoms with E-state index in [9.17, 15) is 14.5 Å². The molecule has 218 valence electrons. The number of para-hydroxylation sites is 1. The molecular weight excluding hydrogens is 563 g/mol. The fourth-order valence-electron chi connectivity index (χ4n) is 3.98. The van der Waals surface area contributed by atoms with Crippen molar-refractivity contribution < 1.29 is 33.0 Å². The molecule has 1 saturated heterocycles. The van der Waals surface area contributed by atoms with Crippen LogP contribution in [0.4, 0.5) is 5.82 Å². The molecule has 1 aliphatic rings. The number of esters is 1. The summed E-state index contributed by atoms with van der Waals surface area (Å²) < 4.78 is 38.2. The van der Waals surface area contributed by atoms with Crippen molar-refractivity contribution in [3.63, 3.8) is 0 Å². The van der Waals surface area contributed by atoms with Gasteiger partial charge >= 0.3 is 13.7 Å². The number of ether oxygens (including phenoxy) is 2. The molecule has 3 aromatic rings. The molecule has 0 bridgehead atoms. The highest BCUT2D eigenvalue weighted by Gasteiger charge is 2.54. The molecule has 40 heavy (non-hydrogen) atoms. The van der Waals surface area contributed by atoms with Crippen LogP contribution in [0, 0.1) is 5.41 Å². The molecule has 2 aromatic heterocycles. The Labute approximate surface area is 236 Å². The van der Waals surface area contributed by atoms with E-state index in [1.165, 1.54) is 24.1 Å². The van der Waals surface area contributed by atoms with E-state index in [4.69, 9.17) is 35.9 Å². The van der Waals surface area contributed by atoms with Crippen LogP contribution < -0.4 is 15.3 Å². The zero-order valence-electron chi connectivity index (χ0n) is 22.9. The van der Waals surface area contributed by atoms with Crippen LogP contribution in [0.2, 0.25) is 0 Å². The van der Waals surface area contributed by atoms with Gasteiger partial charge in [-0.25, -0.2) is 19.5 Å². The van der Waals surface area contributed by atoms with Crippen molar-refractivity contribution in [2.75, 3.05) is 18.9 Å². The molecule has 0 aliphatic carbocycles. The summed E-state index contributed by atoms with van der Waals surface area (Å²) in [5.41, 5.74) is 6.35. The van der Waals surface area contributed by atoms with Crippen molar-refractivity contribution in [1.29, 1.82) is 0 Å². The minimum Gasteiger partial charge on any atom is -0.464 e. The summed E-state index contributed by atoms with van der Waals surface area (Å²) in [6, 6.07) is 7.29. The summed E-state index contributed by atoms with van der Waals surface area (Å²) in [6.45, 7) is 8.61. The van der Waals surface area contributed by atoms with E-state index in [2.05, 4.69) is 20.0 Å². The van der Waals surface area contributed by atoms with Crippen molar-refractivity contribution in [2.45, 2.75) is 64.0 Å². The maximum Gasteiger partial charge on any atom is 0.459 e. The predicted molar refractivity (Wildman–Crippen MR) is 148 cm³/mol. The van der Waals surface area contributed by atoms with E-state index in [0.29, 0.717) is 11.2 Å². The predicted octanol–water partition coefficient (Wildman–Crippen LogP) is 3.44. The first kappa shape index (κ1) is 30.2. The molecule has 1 aliphatic heterocycles. The van der Waals surface area contributed by atoms with E-state index in [-0.39, 0.29) is 23.6 Å². The number of nitrogen functional groups attached to an aromatic ring is 1. The highest BCUT2D eigenvalue weighted by Crippen LogP contribution is 2.48. The summed E-state index contributed by atoms with van der Waals surface area (Å²) in [7, 11) is -4.20. The second-order valence-electron chi connectivity index (χ2n) is 10.9. The average molecular weight is 597 g/mol. The normalized spacial score (nSPS) is 25.4. The molecule has 1 fully saturated rings. The lowest BCUT2D eigenvalue weighted by atomic mass is 9.99. The molecule has 3 heterocycles. The van der Waals surface area contributed by atoms with Crippen molar-refractivity contribution >= 4 is 42.3 Å². The Balaban J connectivity index is 1.51. The number of halogens is 1. The second-order valence-corrected chi connectivity index (χ2v) is 13.4. The number of anilines is 1. The number of aliphatic hydroxyl groups is 1. The Kier molecular flexibility index (Phi) is 8.74. The van der Waals surface area contributed by atoms with Gasteiger partial charge in [-0.05, 0) is 31.4 Å². The van der Waals surface area contributed by atoms with Gasteiger partial charge in [0.1, 0.15) is 40.7 Å². The monoisotopic (exact) mass is 596 g/mol. The maximum absolute atomic E-state index is 13.9. The summed E-state index contributed by atoms with van der Waals surface area (Å²) in [5.74, 6) is -0.211. The van der Waals surface area contributed by atoms with Gasteiger partial charge in [0.2, 0.25) is 0 Å². The van der Waals surface area contributed by atoms with Gasteiger partial charge in [0.05, 0.1) is 19.5 Å². The SMILES string of the molecule is C[C@H](N[P@@](=O)(OC[C@H]1O[C@@H](n2cnc3c(N)ncnc32)[C@](C)(Cl)[C@@H]1O)Oc1ccccc1)C(=O)OCC(C)(C)C. The molecule has 15 heteroatoms. The quantitative estimate of drug-likeness (QED) is 0.177. The summed E-state index contributed by atoms with van der Waals surface area (Å²) in [6.07, 6.45) is -0.529. The standard InChI is InChI=1S/C25H34ClN6O7P/c1-15(22(34)36-12-24(2,3)4)31-40(35,39-16-9-7-6-8-10-16)37-11-17-19(33)25(5,26)23(38-17)32-14-30-18-20(27)28-13-29-21(18)32/h6-10,13-15,17,19,23,33H,11-12H2,1-5H3,(H,31,35)(H2,27,28,29)/t15-,17+,19+,23+,25+,40+/m0/s1. The molecule has 0 amide bonds. The van der Waals surface area contributed by atoms with Crippen LogP contribution in [0.25, 0.3) is 11.2 Å². The lowest BCUT2D eigenvalue weighted by Crippen LogP contribution is -2.40. The number of nitrogens with two attached hydrogens (primary N) is 1. The number of alkyl halides is 1. The number of carbonyl (C=O) groups excluding carboxylic acids is 1. The van der Waals surface area contributed by atoms with Crippen molar-refractivity contribution in [2.24, 2.45) is 5.41 Å². The fraction of sp³-hybridized carbons (Fsp3) is 0.520. The lowest BCUT2D eigenvalue weighted by Gasteiger charge is -2.26. The third-order valence-electron chi connectivity index (χ3n) is 6.09. The maximum atomic E-state index is 13.9. The van der Waals surface area contributed by atoms with Crippen LogP contribution in [0.1, 0.15) is 40.8 Å². The summed E-state index contributed by atoms with van der Waals surface area (Å²) in [5, 5.41) is 13.7. The van der Waals surface area contributed by atoms with Crippen LogP contribution in [0.3, 0.4) is 0 Å². The first-order chi connectivity index (χ1) is 18.7. The molecule has 0 unspecified atom stereocenters. The van der Waals surface area contributed by atoms with Gasteiger partial charge in [0.15, 0.2) is 17.7 Å². The number of aromatic nitrogens is 4. The minimum absolute atomic E-state index is 0.167. The number of benzene rings is 1. The number of nitrogens with zero attached hydrogens (tertiary/aromatic N) is 4. The highest BCUT2D eigenvalue weighted by atomic mass is 35.5. The van der Waals surface area contributed by atoms with Crippen LogP contribution in [-0.4, -0.2) is 66.9 Å². The van der Waals surface area contributed by atoms with Crippen LogP contribution in [0.15, 0.2) is 43.0 Å². The second kappa shape index (κ2) is 11.6. The Bertz CT molecular complexity index is 1380. The molecule has 1 aromatic carbocycles. The molecule has 13 nitrogen and oxygen atoms in total. The Morgan fingerprint density at radius 2 is 2.00 bits per heavy atom. The molecule has 6 atom stereocenters. The number of hydrogen-bond donors (Lipinski definition) is 3.